The number of nitrogens with one attached hydrogen (secondary N) is 2. The number of rotatable bonds is 4. The van der Waals surface area contributed by atoms with Crippen molar-refractivity contribution in [3.05, 3.63) is 59.2 Å². The van der Waals surface area contributed by atoms with Crippen LogP contribution in [0.25, 0.3) is 10.9 Å². The molecule has 3 aromatic rings. The number of anilines is 1. The number of fused-ring (bicyclic) bond motifs is 1. The molecule has 1 aromatic heterocycles. The molecule has 9 heteroatoms. The number of aromatic amines is 1. The summed E-state index contributed by atoms with van der Waals surface area (Å²) in [7, 11) is -3.72. The van der Waals surface area contributed by atoms with Gasteiger partial charge in [0.1, 0.15) is 0 Å². The SMILES string of the molecule is O=C(Nc1cccc2[nH]ccc12)c1cc(S(=O)(=O)N2CCOCC2)ccc1Cl. The molecular weight excluding hydrogens is 402 g/mol. The number of benzene rings is 2. The molecular formula is C19H18ClN3O4S. The fraction of sp³-hybridized carbons (Fsp3) is 0.211. The summed E-state index contributed by atoms with van der Waals surface area (Å²) < 4.78 is 32.3. The summed E-state index contributed by atoms with van der Waals surface area (Å²) in [6, 6.07) is 11.5. The molecule has 0 unspecified atom stereocenters. The second kappa shape index (κ2) is 7.56. The maximum atomic E-state index is 12.9. The fourth-order valence-electron chi connectivity index (χ4n) is 3.16. The summed E-state index contributed by atoms with van der Waals surface area (Å²) in [6.45, 7) is 1.26. The monoisotopic (exact) mass is 419 g/mol. The third-order valence-corrected chi connectivity index (χ3v) is 6.86. The normalized spacial score (nSPS) is 15.6. The topological polar surface area (TPSA) is 91.5 Å². The van der Waals surface area contributed by atoms with Crippen LogP contribution in [0.4, 0.5) is 5.69 Å². The lowest BCUT2D eigenvalue weighted by molar-refractivity contribution is 0.0730. The number of carbonyl (C=O) groups is 1. The second-order valence-corrected chi connectivity index (χ2v) is 8.70. The largest absolute Gasteiger partial charge is 0.379 e. The summed E-state index contributed by atoms with van der Waals surface area (Å²) in [5.41, 5.74) is 1.59. The quantitative estimate of drug-likeness (QED) is 0.679. The molecule has 2 heterocycles. The highest BCUT2D eigenvalue weighted by atomic mass is 35.5. The van der Waals surface area contributed by atoms with Gasteiger partial charge in [-0.15, -0.1) is 0 Å². The standard InChI is InChI=1S/C19H18ClN3O4S/c20-16-5-4-13(28(25,26)23-8-10-27-11-9-23)12-15(16)19(24)22-18-3-1-2-17-14(18)6-7-21-17/h1-7,12,21H,8-11H2,(H,22,24). The maximum absolute atomic E-state index is 12.9. The van der Waals surface area contributed by atoms with Gasteiger partial charge in [-0.25, -0.2) is 8.42 Å². The van der Waals surface area contributed by atoms with Crippen molar-refractivity contribution < 1.29 is 17.9 Å². The van der Waals surface area contributed by atoms with E-state index in [9.17, 15) is 13.2 Å². The van der Waals surface area contributed by atoms with Crippen molar-refractivity contribution in [1.82, 2.24) is 9.29 Å². The minimum Gasteiger partial charge on any atom is -0.379 e. The molecule has 4 rings (SSSR count). The van der Waals surface area contributed by atoms with E-state index in [1.807, 2.05) is 18.2 Å². The Morgan fingerprint density at radius 3 is 2.71 bits per heavy atom. The lowest BCUT2D eigenvalue weighted by Gasteiger charge is -2.26. The zero-order valence-corrected chi connectivity index (χ0v) is 16.4. The highest BCUT2D eigenvalue weighted by Crippen LogP contribution is 2.27. The third-order valence-electron chi connectivity index (χ3n) is 4.63. The van der Waals surface area contributed by atoms with E-state index in [-0.39, 0.29) is 28.6 Å². The van der Waals surface area contributed by atoms with Crippen LogP contribution in [0, 0.1) is 0 Å². The Morgan fingerprint density at radius 2 is 1.93 bits per heavy atom. The lowest BCUT2D eigenvalue weighted by atomic mass is 10.1. The van der Waals surface area contributed by atoms with Crippen molar-refractivity contribution in [3.63, 3.8) is 0 Å². The molecule has 0 atom stereocenters. The Kier molecular flexibility index (Phi) is 5.11. The van der Waals surface area contributed by atoms with Crippen LogP contribution >= 0.6 is 11.6 Å². The number of hydrogen-bond acceptors (Lipinski definition) is 4. The first-order valence-electron chi connectivity index (χ1n) is 8.72. The first-order valence-corrected chi connectivity index (χ1v) is 10.5. The van der Waals surface area contributed by atoms with E-state index in [2.05, 4.69) is 10.3 Å². The van der Waals surface area contributed by atoms with Gasteiger partial charge in [0.25, 0.3) is 5.91 Å². The van der Waals surface area contributed by atoms with Crippen molar-refractivity contribution >= 4 is 44.1 Å². The number of aromatic nitrogens is 1. The predicted octanol–water partition coefficient (Wildman–Crippen LogP) is 3.09. The molecule has 2 aromatic carbocycles. The van der Waals surface area contributed by atoms with Crippen molar-refractivity contribution in [3.8, 4) is 0 Å². The fourth-order valence-corrected chi connectivity index (χ4v) is 4.80. The van der Waals surface area contributed by atoms with Gasteiger partial charge in [-0.1, -0.05) is 17.7 Å². The molecule has 7 nitrogen and oxygen atoms in total. The van der Waals surface area contributed by atoms with Gasteiger partial charge in [-0.3, -0.25) is 4.79 Å². The summed E-state index contributed by atoms with van der Waals surface area (Å²) in [4.78, 5) is 15.9. The van der Waals surface area contributed by atoms with Crippen molar-refractivity contribution in [2.24, 2.45) is 0 Å². The molecule has 146 valence electrons. The molecule has 0 aliphatic carbocycles. The number of carbonyl (C=O) groups excluding carboxylic acids is 1. The van der Waals surface area contributed by atoms with Gasteiger partial charge in [0, 0.05) is 30.2 Å². The van der Waals surface area contributed by atoms with E-state index in [4.69, 9.17) is 16.3 Å². The summed E-state index contributed by atoms with van der Waals surface area (Å²) in [6.07, 6.45) is 1.78. The number of ether oxygens (including phenoxy) is 1. The van der Waals surface area contributed by atoms with Crippen LogP contribution in [0.1, 0.15) is 10.4 Å². The molecule has 28 heavy (non-hydrogen) atoms. The molecule has 2 N–H and O–H groups in total. The zero-order valence-electron chi connectivity index (χ0n) is 14.8. The number of halogens is 1. The lowest BCUT2D eigenvalue weighted by Crippen LogP contribution is -2.40. The Hall–Kier alpha value is -2.39. The number of morpholine rings is 1. The van der Waals surface area contributed by atoms with E-state index < -0.39 is 15.9 Å². The maximum Gasteiger partial charge on any atom is 0.257 e. The molecule has 0 saturated carbocycles. The van der Waals surface area contributed by atoms with Crippen LogP contribution in [-0.4, -0.2) is 49.9 Å². The second-order valence-electron chi connectivity index (χ2n) is 6.36. The Balaban J connectivity index is 1.65. The smallest absolute Gasteiger partial charge is 0.257 e. The summed E-state index contributed by atoms with van der Waals surface area (Å²) in [5, 5.41) is 3.85. The van der Waals surface area contributed by atoms with Gasteiger partial charge in [0.15, 0.2) is 0 Å². The van der Waals surface area contributed by atoms with Gasteiger partial charge in [-0.05, 0) is 36.4 Å². The average Bonchev–Trinajstić information content (AvgIpc) is 3.18. The molecule has 1 saturated heterocycles. The number of H-pyrrole nitrogens is 1. The number of sulfonamides is 1. The Bertz CT molecular complexity index is 1140. The number of nitrogens with zero attached hydrogens (tertiary/aromatic N) is 1. The van der Waals surface area contributed by atoms with Crippen LogP contribution < -0.4 is 5.32 Å². The van der Waals surface area contributed by atoms with Crippen LogP contribution in [0.5, 0.6) is 0 Å². The van der Waals surface area contributed by atoms with Crippen LogP contribution in [0.15, 0.2) is 53.6 Å². The van der Waals surface area contributed by atoms with E-state index in [1.165, 1.54) is 22.5 Å². The van der Waals surface area contributed by atoms with Crippen LogP contribution in [0.2, 0.25) is 5.02 Å². The molecule has 1 fully saturated rings. The van der Waals surface area contributed by atoms with E-state index in [0.717, 1.165) is 10.9 Å². The molecule has 1 aliphatic heterocycles. The van der Waals surface area contributed by atoms with Gasteiger partial charge < -0.3 is 15.0 Å². The zero-order chi connectivity index (χ0) is 19.7. The number of hydrogen-bond donors (Lipinski definition) is 2. The average molecular weight is 420 g/mol. The van der Waals surface area contributed by atoms with E-state index in [0.29, 0.717) is 18.9 Å². The first kappa shape index (κ1) is 18.9. The summed E-state index contributed by atoms with van der Waals surface area (Å²) >= 11 is 6.19. The highest BCUT2D eigenvalue weighted by molar-refractivity contribution is 7.89. The highest BCUT2D eigenvalue weighted by Gasteiger charge is 2.27. The van der Waals surface area contributed by atoms with Crippen LogP contribution in [-0.2, 0) is 14.8 Å². The molecule has 0 bridgehead atoms. The van der Waals surface area contributed by atoms with Gasteiger partial charge >= 0.3 is 0 Å². The van der Waals surface area contributed by atoms with Crippen molar-refractivity contribution in [1.29, 1.82) is 0 Å². The molecule has 0 radical (unpaired) electrons. The first-order chi connectivity index (χ1) is 13.5. The van der Waals surface area contributed by atoms with Crippen molar-refractivity contribution in [2.45, 2.75) is 4.90 Å². The van der Waals surface area contributed by atoms with Gasteiger partial charge in [0.2, 0.25) is 10.0 Å². The van der Waals surface area contributed by atoms with Crippen molar-refractivity contribution in [2.75, 3.05) is 31.6 Å². The van der Waals surface area contributed by atoms with E-state index in [1.54, 1.807) is 12.3 Å². The van der Waals surface area contributed by atoms with Gasteiger partial charge in [0.05, 0.1) is 34.4 Å². The Labute approximate surface area is 167 Å². The van der Waals surface area contributed by atoms with E-state index >= 15 is 0 Å². The minimum absolute atomic E-state index is 0.0313. The molecule has 1 amide bonds. The third kappa shape index (κ3) is 3.51. The van der Waals surface area contributed by atoms with Crippen LogP contribution in [0.3, 0.4) is 0 Å². The summed E-state index contributed by atoms with van der Waals surface area (Å²) in [5.74, 6) is -0.474. The molecule has 0 spiro atoms. The number of amides is 1. The van der Waals surface area contributed by atoms with Gasteiger partial charge in [-0.2, -0.15) is 4.31 Å². The predicted molar refractivity (Wildman–Crippen MR) is 107 cm³/mol. The molecule has 1 aliphatic rings. The Morgan fingerprint density at radius 1 is 1.14 bits per heavy atom. The minimum atomic E-state index is -3.72.